The summed E-state index contributed by atoms with van der Waals surface area (Å²) in [4.78, 5) is 0. The van der Waals surface area contributed by atoms with Crippen LogP contribution in [-0.2, 0) is 13.1 Å². The van der Waals surface area contributed by atoms with Gasteiger partial charge in [0.2, 0.25) is 5.95 Å². The molecule has 0 amide bonds. The van der Waals surface area contributed by atoms with Crippen LogP contribution in [0.2, 0.25) is 0 Å². The zero-order chi connectivity index (χ0) is 20.8. The van der Waals surface area contributed by atoms with Gasteiger partial charge in [-0.2, -0.15) is 4.68 Å². The number of ether oxygens (including phenoxy) is 2. The maximum atomic E-state index is 5.92. The predicted octanol–water partition coefficient (Wildman–Crippen LogP) is 2.25. The first-order valence-corrected chi connectivity index (χ1v) is 9.08. The Morgan fingerprint density at radius 3 is 2.67 bits per heavy atom. The first-order chi connectivity index (χ1) is 14.8. The number of hydrogen-bond donors (Lipinski definition) is 1. The maximum absolute atomic E-state index is 5.92. The van der Waals surface area contributed by atoms with Crippen LogP contribution < -0.4 is 14.8 Å². The molecule has 4 rings (SSSR count). The van der Waals surface area contributed by atoms with Crippen molar-refractivity contribution in [1.82, 2.24) is 40.4 Å². The molecule has 2 aromatic carbocycles. The van der Waals surface area contributed by atoms with Crippen molar-refractivity contribution in [2.24, 2.45) is 0 Å². The minimum absolute atomic E-state index is 0.231. The molecular formula is C19H19N9O2. The van der Waals surface area contributed by atoms with Gasteiger partial charge in [0, 0.05) is 6.54 Å². The molecule has 1 N–H and O–H groups in total. The van der Waals surface area contributed by atoms with Gasteiger partial charge in [-0.1, -0.05) is 40.5 Å². The number of allylic oxidation sites excluding steroid dienone is 1. The summed E-state index contributed by atoms with van der Waals surface area (Å²) in [5.41, 5.74) is 1.74. The second-order valence-corrected chi connectivity index (χ2v) is 6.12. The summed E-state index contributed by atoms with van der Waals surface area (Å²) in [5, 5.41) is 26.4. The van der Waals surface area contributed by atoms with Crippen LogP contribution in [-0.4, -0.2) is 47.5 Å². The Balaban J connectivity index is 1.50. The van der Waals surface area contributed by atoms with E-state index in [4.69, 9.17) is 9.47 Å². The lowest BCUT2D eigenvalue weighted by Crippen LogP contribution is -2.08. The first-order valence-electron chi connectivity index (χ1n) is 9.08. The van der Waals surface area contributed by atoms with Crippen LogP contribution in [0, 0.1) is 0 Å². The Kier molecular flexibility index (Phi) is 5.60. The van der Waals surface area contributed by atoms with E-state index in [1.54, 1.807) is 23.9 Å². The van der Waals surface area contributed by atoms with E-state index in [0.717, 1.165) is 11.3 Å². The summed E-state index contributed by atoms with van der Waals surface area (Å²) >= 11 is 0. The van der Waals surface area contributed by atoms with Crippen LogP contribution in [0.4, 0.5) is 5.95 Å². The molecule has 152 valence electrons. The highest BCUT2D eigenvalue weighted by atomic mass is 16.5. The van der Waals surface area contributed by atoms with E-state index in [2.05, 4.69) is 42.9 Å². The number of anilines is 1. The van der Waals surface area contributed by atoms with Crippen molar-refractivity contribution < 1.29 is 9.47 Å². The van der Waals surface area contributed by atoms with Crippen LogP contribution in [0.25, 0.3) is 5.69 Å². The molecule has 0 spiro atoms. The third-order valence-electron chi connectivity index (χ3n) is 4.16. The number of benzene rings is 2. The SMILES string of the molecule is C=CCn1nnnc1NCc1ccc(Oc2nnnn2-c2ccccc2)c(OC)c1. The van der Waals surface area contributed by atoms with Gasteiger partial charge in [0.15, 0.2) is 11.5 Å². The van der Waals surface area contributed by atoms with E-state index in [1.165, 1.54) is 4.68 Å². The van der Waals surface area contributed by atoms with Gasteiger partial charge >= 0.3 is 6.01 Å². The quantitative estimate of drug-likeness (QED) is 0.418. The number of para-hydroxylation sites is 1. The highest BCUT2D eigenvalue weighted by molar-refractivity contribution is 5.45. The second-order valence-electron chi connectivity index (χ2n) is 6.12. The Morgan fingerprint density at radius 2 is 1.87 bits per heavy atom. The van der Waals surface area contributed by atoms with E-state index in [0.29, 0.717) is 30.5 Å². The van der Waals surface area contributed by atoms with Crippen molar-refractivity contribution in [3.05, 3.63) is 66.7 Å². The minimum atomic E-state index is 0.231. The van der Waals surface area contributed by atoms with Crippen molar-refractivity contribution in [2.45, 2.75) is 13.1 Å². The van der Waals surface area contributed by atoms with Crippen molar-refractivity contribution >= 4 is 5.95 Å². The summed E-state index contributed by atoms with van der Waals surface area (Å²) in [6.45, 7) is 4.70. The largest absolute Gasteiger partial charge is 0.493 e. The number of tetrazole rings is 2. The van der Waals surface area contributed by atoms with Gasteiger partial charge in [0.05, 0.1) is 19.3 Å². The van der Waals surface area contributed by atoms with Crippen LogP contribution in [0.3, 0.4) is 0 Å². The fourth-order valence-corrected chi connectivity index (χ4v) is 2.74. The smallest absolute Gasteiger partial charge is 0.346 e. The third kappa shape index (κ3) is 4.09. The molecule has 2 aromatic heterocycles. The summed E-state index contributed by atoms with van der Waals surface area (Å²) in [7, 11) is 1.57. The molecule has 4 aromatic rings. The lowest BCUT2D eigenvalue weighted by atomic mass is 10.2. The average Bonchev–Trinajstić information content (AvgIpc) is 3.43. The molecule has 0 unspecified atom stereocenters. The highest BCUT2D eigenvalue weighted by Crippen LogP contribution is 2.32. The van der Waals surface area contributed by atoms with Crippen LogP contribution >= 0.6 is 0 Å². The molecule has 0 aliphatic heterocycles. The van der Waals surface area contributed by atoms with Crippen molar-refractivity contribution in [3.8, 4) is 23.2 Å². The van der Waals surface area contributed by atoms with E-state index in [-0.39, 0.29) is 6.01 Å². The Bertz CT molecular complexity index is 1120. The molecule has 30 heavy (non-hydrogen) atoms. The van der Waals surface area contributed by atoms with Gasteiger partial charge in [-0.05, 0) is 50.7 Å². The van der Waals surface area contributed by atoms with E-state index >= 15 is 0 Å². The number of hydrogen-bond acceptors (Lipinski definition) is 9. The number of nitrogens with zero attached hydrogens (tertiary/aromatic N) is 8. The number of rotatable bonds is 9. The fraction of sp³-hybridized carbons (Fsp3) is 0.158. The van der Waals surface area contributed by atoms with E-state index in [1.807, 2.05) is 42.5 Å². The Labute approximate surface area is 171 Å². The predicted molar refractivity (Wildman–Crippen MR) is 108 cm³/mol. The normalized spacial score (nSPS) is 10.6. The lowest BCUT2D eigenvalue weighted by molar-refractivity contribution is 0.363. The topological polar surface area (TPSA) is 118 Å². The van der Waals surface area contributed by atoms with E-state index < -0.39 is 0 Å². The summed E-state index contributed by atoms with van der Waals surface area (Å²) in [6, 6.07) is 15.3. The third-order valence-corrected chi connectivity index (χ3v) is 4.16. The molecule has 11 heteroatoms. The number of methoxy groups -OCH3 is 1. The molecule has 0 saturated heterocycles. The van der Waals surface area contributed by atoms with E-state index in [9.17, 15) is 0 Å². The zero-order valence-electron chi connectivity index (χ0n) is 16.2. The summed E-state index contributed by atoms with van der Waals surface area (Å²) in [6.07, 6.45) is 1.72. The molecule has 0 fully saturated rings. The van der Waals surface area contributed by atoms with Crippen LogP contribution in [0.5, 0.6) is 17.5 Å². The van der Waals surface area contributed by atoms with Crippen LogP contribution in [0.1, 0.15) is 5.56 Å². The maximum Gasteiger partial charge on any atom is 0.346 e. The van der Waals surface area contributed by atoms with Gasteiger partial charge in [0.25, 0.3) is 0 Å². The molecule has 0 atom stereocenters. The molecule has 0 radical (unpaired) electrons. The summed E-state index contributed by atoms with van der Waals surface area (Å²) in [5.74, 6) is 1.59. The Hall–Kier alpha value is -4.28. The lowest BCUT2D eigenvalue weighted by Gasteiger charge is -2.12. The molecule has 2 heterocycles. The Morgan fingerprint density at radius 1 is 1.03 bits per heavy atom. The minimum Gasteiger partial charge on any atom is -0.493 e. The van der Waals surface area contributed by atoms with Gasteiger partial charge in [-0.3, -0.25) is 0 Å². The molecule has 0 saturated carbocycles. The molecule has 0 aliphatic carbocycles. The van der Waals surface area contributed by atoms with Gasteiger partial charge in [-0.25, -0.2) is 4.68 Å². The zero-order valence-corrected chi connectivity index (χ0v) is 16.2. The molecule has 0 aliphatic rings. The molecule has 0 bridgehead atoms. The van der Waals surface area contributed by atoms with Crippen molar-refractivity contribution in [3.63, 3.8) is 0 Å². The number of aromatic nitrogens is 8. The van der Waals surface area contributed by atoms with Crippen LogP contribution in [0.15, 0.2) is 61.2 Å². The van der Waals surface area contributed by atoms with Crippen molar-refractivity contribution in [1.29, 1.82) is 0 Å². The van der Waals surface area contributed by atoms with Gasteiger partial charge < -0.3 is 14.8 Å². The monoisotopic (exact) mass is 405 g/mol. The average molecular weight is 405 g/mol. The first kappa shape index (κ1) is 19.1. The number of nitrogens with one attached hydrogen (secondary N) is 1. The second kappa shape index (κ2) is 8.82. The highest BCUT2D eigenvalue weighted by Gasteiger charge is 2.14. The van der Waals surface area contributed by atoms with Crippen molar-refractivity contribution in [2.75, 3.05) is 12.4 Å². The van der Waals surface area contributed by atoms with Gasteiger partial charge in [-0.15, -0.1) is 6.58 Å². The standard InChI is InChI=1S/C19H19N9O2/c1-3-11-27-18(21-23-25-27)20-13-14-9-10-16(17(12-14)29-2)30-19-22-24-26-28(19)15-7-5-4-6-8-15/h3-10,12H,1,11,13H2,2H3,(H,20,21,25). The summed E-state index contributed by atoms with van der Waals surface area (Å²) < 4.78 is 14.5. The molecular weight excluding hydrogens is 386 g/mol. The van der Waals surface area contributed by atoms with Gasteiger partial charge in [0.1, 0.15) is 0 Å². The molecule has 11 nitrogen and oxygen atoms in total. The fourth-order valence-electron chi connectivity index (χ4n) is 2.74.